The molecule has 0 spiro atoms. The molecule has 15 atom stereocenters. The van der Waals surface area contributed by atoms with Crippen molar-refractivity contribution in [2.45, 2.75) is 218 Å². The fourth-order valence-corrected chi connectivity index (χ4v) is 10.2. The van der Waals surface area contributed by atoms with Crippen LogP contribution in [0.1, 0.15) is 132 Å². The zero-order valence-electron chi connectivity index (χ0n) is 62.0. The molecule has 23 N–H and O–H groups in total. The van der Waals surface area contributed by atoms with Crippen molar-refractivity contribution in [3.8, 4) is 5.75 Å². The number of hydrogen-bond donors (Lipinski definition) is 20. The van der Waals surface area contributed by atoms with Crippen molar-refractivity contribution < 1.29 is 120 Å². The maximum Gasteiger partial charge on any atom is 0.490 e. The Morgan fingerprint density at radius 3 is 1.70 bits per heavy atom. The number of aliphatic hydroxyl groups is 4. The summed E-state index contributed by atoms with van der Waals surface area (Å²) in [6, 6.07) is -6.34. The number of primary amides is 1. The van der Waals surface area contributed by atoms with Gasteiger partial charge in [0.2, 0.25) is 65.0 Å². The summed E-state index contributed by atoms with van der Waals surface area (Å²) in [5, 5.41) is 88.1. The number of nitrogens with one attached hydrogen (secondary N) is 11. The minimum absolute atomic E-state index is 0.0200. The van der Waals surface area contributed by atoms with Gasteiger partial charge in [-0.2, -0.15) is 13.2 Å². The number of carbonyl (C=O) groups excluding carboxylic acids is 13. The lowest BCUT2D eigenvalue weighted by Gasteiger charge is -2.34. The van der Waals surface area contributed by atoms with Crippen LogP contribution in [0.5, 0.6) is 5.75 Å². The lowest BCUT2D eigenvalue weighted by atomic mass is 9.95. The molecule has 1 aliphatic rings. The molecule has 1 aliphatic heterocycles. The van der Waals surface area contributed by atoms with E-state index in [0.717, 1.165) is 6.92 Å². The Morgan fingerprint density at radius 2 is 1.19 bits per heavy atom. The van der Waals surface area contributed by atoms with Crippen LogP contribution in [0.4, 0.5) is 18.0 Å². The number of aliphatic imine (C=N–C) groups is 1. The molecule has 2 aromatic rings. The smallest absolute Gasteiger partial charge is 0.490 e. The third-order valence-electron chi connectivity index (χ3n) is 16.0. The topological polar surface area (TPSA) is 602 Å². The van der Waals surface area contributed by atoms with Crippen LogP contribution in [0.25, 0.3) is 0 Å². The van der Waals surface area contributed by atoms with E-state index >= 15 is 14.4 Å². The van der Waals surface area contributed by atoms with Crippen LogP contribution in [0.2, 0.25) is 0 Å². The van der Waals surface area contributed by atoms with Gasteiger partial charge in [0.25, 0.3) is 0 Å². The molecule has 3 rings (SSSR count). The molecule has 0 bridgehead atoms. The Labute approximate surface area is 621 Å². The third kappa shape index (κ3) is 32.3. The van der Waals surface area contributed by atoms with Gasteiger partial charge >= 0.3 is 24.2 Å². The number of aromatic hydroxyl groups is 1. The highest BCUT2D eigenvalue weighted by molar-refractivity contribution is 6.00. The number of ether oxygens (including phenoxy) is 2. The van der Waals surface area contributed by atoms with Gasteiger partial charge in [-0.1, -0.05) is 104 Å². The van der Waals surface area contributed by atoms with Crippen LogP contribution in [0, 0.1) is 23.7 Å². The monoisotopic (exact) mass is 1540 g/mol. The van der Waals surface area contributed by atoms with Gasteiger partial charge in [-0.25, -0.2) is 14.4 Å². The molecule has 12 amide bonds. The molecule has 2 aromatic carbocycles. The van der Waals surface area contributed by atoms with Gasteiger partial charge in [0.1, 0.15) is 65.7 Å². The number of benzene rings is 2. The average molecular weight is 1540 g/mol. The van der Waals surface area contributed by atoms with Crippen molar-refractivity contribution in [2.75, 3.05) is 19.7 Å². The number of aliphatic hydroxyl groups excluding tert-OH is 4. The normalized spacial score (nSPS) is 22.5. The quantitative estimate of drug-likeness (QED) is 0.0211. The van der Waals surface area contributed by atoms with Crippen LogP contribution >= 0.6 is 0 Å². The van der Waals surface area contributed by atoms with Crippen molar-refractivity contribution in [1.29, 1.82) is 0 Å². The molecule has 0 saturated carbocycles. The van der Waals surface area contributed by atoms with Crippen molar-refractivity contribution in [3.63, 3.8) is 0 Å². The van der Waals surface area contributed by atoms with Crippen LogP contribution in [0.15, 0.2) is 59.6 Å². The van der Waals surface area contributed by atoms with Crippen LogP contribution < -0.4 is 75.7 Å². The number of cyclic esters (lactones) is 1. The molecule has 37 nitrogen and oxygen atoms in total. The number of nitrogens with two attached hydrogens (primary N) is 3. The first-order valence-electron chi connectivity index (χ1n) is 34.5. The first-order chi connectivity index (χ1) is 50.1. The largest absolute Gasteiger partial charge is 0.508 e. The standard InChI is InChI=1S/C66H103N15O20.C2HF3O2/c1-13-34(8)45-59(94)79-46(35(9)83)58(93)71-29-44(85)77-48(51(87)53(67)88)61(96)75-43(30-82)63(98)100-52(37-18-15-14-16-19-37)49(81-57(92)41(27-32(4)5)73-56(91)42(76-65(99)101-66(10,11)12)28-36-21-23-38(84)24-22-36)62(97)80-47(50(86)33(6)7)60(95)74-40(26-31(2)3)55(90)72-39(54(89)78-45)20-17-25-70-64(68)69;3-2(4,5)1(6)7/h14-16,18-19,21-24,31-35,39-43,45-52,82-84,86-87H,13,17,20,25-30H2,1-12H3,(H2,67,88)(H,71,93)(H,72,90)(H,73,91)(H,74,95)(H,75,96)(H,76,99)(H,77,85)(H,78,89)(H,79,94)(H,80,97)(H,81,92)(H4,68,69,70);(H,6,7)/t34-,35-,39+,40-,41-,42+,43-,45?,46?,47-,48-,49-,50+,51-,52+;/m0./s1. The molecule has 0 aromatic heterocycles. The summed E-state index contributed by atoms with van der Waals surface area (Å²) >= 11 is 0. The van der Waals surface area contributed by atoms with Crippen LogP contribution in [0.3, 0.4) is 0 Å². The second-order valence-corrected chi connectivity index (χ2v) is 27.7. The predicted molar refractivity (Wildman–Crippen MR) is 377 cm³/mol. The average Bonchev–Trinajstić information content (AvgIpc) is 0.812. The Morgan fingerprint density at radius 1 is 0.657 bits per heavy atom. The number of phenols is 1. The molecule has 0 aliphatic carbocycles. The number of carboxylic acids is 1. The fraction of sp³-hybridized carbons (Fsp3) is 0.603. The lowest BCUT2D eigenvalue weighted by molar-refractivity contribution is -0.192. The van der Waals surface area contributed by atoms with Gasteiger partial charge in [0.05, 0.1) is 25.4 Å². The maximum absolute atomic E-state index is 15.6. The summed E-state index contributed by atoms with van der Waals surface area (Å²) in [5.74, 6) is -21.0. The number of carbonyl (C=O) groups is 14. The Bertz CT molecular complexity index is 3430. The summed E-state index contributed by atoms with van der Waals surface area (Å²) in [6.45, 7) is 16.1. The highest BCUT2D eigenvalue weighted by Crippen LogP contribution is 2.25. The fourth-order valence-electron chi connectivity index (χ4n) is 10.2. The SMILES string of the molecule is CC[C@H](C)C1NC(=O)[C@@H](CCCN=C(N)N)NC(=O)[C@H](CC(C)C)NC(=O)[C@H]([C@H](O)C(C)C)NC(=O)[C@@H](NC(=O)[C@H](CC(C)C)NC(=O)[C@@H](Cc2ccc(O)cc2)NC(=O)OC(C)(C)C)[C@@H](c2ccccc2)OC(=O)[C@H](CO)NC(=O)[C@H]([C@H](O)C(N)=O)NC(=O)CNC(=O)C([C@H](C)O)NC1=O.O=C(O)C(F)(F)F. The van der Waals surface area contributed by atoms with E-state index in [4.69, 9.17) is 36.6 Å². The number of amides is 12. The second-order valence-electron chi connectivity index (χ2n) is 27.7. The van der Waals surface area contributed by atoms with Gasteiger partial charge in [-0.3, -0.25) is 57.7 Å². The highest BCUT2D eigenvalue weighted by atomic mass is 19.4. The molecule has 1 saturated heterocycles. The Kier molecular flexibility index (Phi) is 38.1. The van der Waals surface area contributed by atoms with Gasteiger partial charge in [-0.05, 0) is 100 Å². The van der Waals surface area contributed by atoms with E-state index in [2.05, 4.69) is 52.8 Å². The first kappa shape index (κ1) is 93.6. The van der Waals surface area contributed by atoms with E-state index in [0.29, 0.717) is 5.56 Å². The second kappa shape index (κ2) is 44.0. The van der Waals surface area contributed by atoms with Crippen molar-refractivity contribution in [2.24, 2.45) is 45.9 Å². The van der Waals surface area contributed by atoms with Gasteiger partial charge in [0, 0.05) is 13.0 Å². The highest BCUT2D eigenvalue weighted by Gasteiger charge is 2.44. The summed E-state index contributed by atoms with van der Waals surface area (Å²) in [5.41, 5.74) is 15.7. The molecule has 108 heavy (non-hydrogen) atoms. The Balaban J connectivity index is 0.00000537. The van der Waals surface area contributed by atoms with Gasteiger partial charge in [-0.15, -0.1) is 0 Å². The molecule has 0 radical (unpaired) electrons. The van der Waals surface area contributed by atoms with E-state index in [1.165, 1.54) is 68.4 Å². The van der Waals surface area contributed by atoms with E-state index in [1.807, 2.05) is 10.6 Å². The molecular formula is C68H104F3N15O22. The minimum atomic E-state index is -5.08. The number of alkyl carbamates (subject to hydrolysis) is 1. The van der Waals surface area contributed by atoms with Crippen molar-refractivity contribution >= 4 is 89.0 Å². The van der Waals surface area contributed by atoms with E-state index in [1.54, 1.807) is 62.3 Å². The third-order valence-corrected chi connectivity index (χ3v) is 16.0. The number of guanidine groups is 1. The lowest BCUT2D eigenvalue weighted by Crippen LogP contribution is -2.64. The molecule has 604 valence electrons. The van der Waals surface area contributed by atoms with Gasteiger partial charge in [0.15, 0.2) is 24.2 Å². The number of rotatable bonds is 24. The summed E-state index contributed by atoms with van der Waals surface area (Å²) in [6.07, 6.45) is -15.1. The van der Waals surface area contributed by atoms with Crippen molar-refractivity contribution in [1.82, 2.24) is 58.5 Å². The van der Waals surface area contributed by atoms with E-state index < -0.39 is 216 Å². The summed E-state index contributed by atoms with van der Waals surface area (Å²) in [7, 11) is 0. The number of phenolic OH excluding ortho intramolecular Hbond substituents is 1. The number of nitrogens with zero attached hydrogens (tertiary/aromatic N) is 1. The van der Waals surface area contributed by atoms with Crippen molar-refractivity contribution in [3.05, 3.63) is 65.7 Å². The Hall–Kier alpha value is -10.5. The zero-order chi connectivity index (χ0) is 82.4. The molecule has 40 heteroatoms. The predicted octanol–water partition coefficient (Wildman–Crippen LogP) is -3.33. The number of alkyl halides is 3. The molecule has 1 fully saturated rings. The number of hydrogen-bond acceptors (Lipinski definition) is 22. The molecule has 2 unspecified atom stereocenters. The number of halogens is 3. The van der Waals surface area contributed by atoms with Gasteiger partial charge < -0.3 is 116 Å². The summed E-state index contributed by atoms with van der Waals surface area (Å²) < 4.78 is 43.2. The number of carboxylic acid groups (broad SMARTS) is 1. The molecule has 1 heterocycles. The minimum Gasteiger partial charge on any atom is -0.508 e. The first-order valence-corrected chi connectivity index (χ1v) is 34.5. The van der Waals surface area contributed by atoms with E-state index in [9.17, 15) is 86.6 Å². The number of esters is 1. The van der Waals surface area contributed by atoms with E-state index in [-0.39, 0.29) is 62.3 Å². The van der Waals surface area contributed by atoms with Crippen LogP contribution in [-0.2, 0) is 78.2 Å². The maximum atomic E-state index is 15.6. The zero-order valence-corrected chi connectivity index (χ0v) is 62.0. The number of aliphatic carboxylic acids is 1. The summed E-state index contributed by atoms with van der Waals surface area (Å²) in [4.78, 5) is 199. The molecular weight excluding hydrogens is 1440 g/mol. The van der Waals surface area contributed by atoms with Crippen LogP contribution in [-0.4, -0.2) is 230 Å².